The summed E-state index contributed by atoms with van der Waals surface area (Å²) in [6, 6.07) is 13.2. The monoisotopic (exact) mass is 333 g/mol. The van der Waals surface area contributed by atoms with Crippen molar-refractivity contribution in [1.82, 2.24) is 4.98 Å². The fourth-order valence-electron chi connectivity index (χ4n) is 2.20. The van der Waals surface area contributed by atoms with E-state index in [-0.39, 0.29) is 0 Å². The summed E-state index contributed by atoms with van der Waals surface area (Å²) in [5.74, 6) is 0. The van der Waals surface area contributed by atoms with Crippen molar-refractivity contribution in [2.45, 2.75) is 0 Å². The summed E-state index contributed by atoms with van der Waals surface area (Å²) in [5, 5.41) is 1.55. The van der Waals surface area contributed by atoms with Gasteiger partial charge in [0.25, 0.3) is 0 Å². The van der Waals surface area contributed by atoms with Crippen LogP contribution in [-0.4, -0.2) is 11.3 Å². The molecule has 0 spiro atoms. The molecule has 2 nitrogen and oxygen atoms in total. The maximum atomic E-state index is 11.4. The average Bonchev–Trinajstić information content (AvgIpc) is 2.79. The molecule has 0 aliphatic rings. The Morgan fingerprint density at radius 3 is 2.68 bits per heavy atom. The second kappa shape index (κ2) is 4.83. The van der Waals surface area contributed by atoms with Crippen LogP contribution in [0, 0.1) is 0 Å². The van der Waals surface area contributed by atoms with Gasteiger partial charge in [0.05, 0.1) is 11.2 Å². The average molecular weight is 335 g/mol. The van der Waals surface area contributed by atoms with Crippen molar-refractivity contribution in [1.29, 1.82) is 0 Å². The Hall–Kier alpha value is -1.58. The third-order valence-corrected chi connectivity index (χ3v) is 3.95. The van der Waals surface area contributed by atoms with Gasteiger partial charge >= 0.3 is 0 Å². The number of fused-ring (bicyclic) bond motifs is 1. The van der Waals surface area contributed by atoms with Crippen molar-refractivity contribution in [2.24, 2.45) is 0 Å². The highest BCUT2D eigenvalue weighted by atomic mass is 79.9. The lowest BCUT2D eigenvalue weighted by molar-refractivity contribution is 0.112. The molecule has 0 fully saturated rings. The number of H-pyrrole nitrogens is 1. The van der Waals surface area contributed by atoms with Gasteiger partial charge in [0, 0.05) is 26.0 Å². The molecule has 3 aromatic rings. The lowest BCUT2D eigenvalue weighted by Crippen LogP contribution is -1.84. The van der Waals surface area contributed by atoms with Crippen molar-refractivity contribution in [3.8, 4) is 11.3 Å². The van der Waals surface area contributed by atoms with Gasteiger partial charge in [-0.2, -0.15) is 0 Å². The van der Waals surface area contributed by atoms with Crippen LogP contribution in [0.3, 0.4) is 0 Å². The first kappa shape index (κ1) is 12.5. The van der Waals surface area contributed by atoms with Crippen LogP contribution in [0.5, 0.6) is 0 Å². The quantitative estimate of drug-likeness (QED) is 0.653. The summed E-state index contributed by atoms with van der Waals surface area (Å²) < 4.78 is 0.932. The van der Waals surface area contributed by atoms with Gasteiger partial charge in [-0.25, -0.2) is 0 Å². The number of benzene rings is 2. The molecule has 1 heterocycles. The molecule has 0 atom stereocenters. The van der Waals surface area contributed by atoms with Crippen LogP contribution in [-0.2, 0) is 0 Å². The molecule has 0 saturated carbocycles. The maximum absolute atomic E-state index is 11.4. The van der Waals surface area contributed by atoms with E-state index >= 15 is 0 Å². The number of hydrogen-bond acceptors (Lipinski definition) is 1. The Balaban J connectivity index is 2.35. The fourth-order valence-corrected chi connectivity index (χ4v) is 2.85. The normalized spacial score (nSPS) is 10.8. The molecule has 0 bridgehead atoms. The van der Waals surface area contributed by atoms with E-state index in [1.807, 2.05) is 42.5 Å². The zero-order valence-corrected chi connectivity index (χ0v) is 12.1. The number of hydrogen-bond donors (Lipinski definition) is 1. The first-order valence-electron chi connectivity index (χ1n) is 5.72. The van der Waals surface area contributed by atoms with Crippen molar-refractivity contribution < 1.29 is 4.79 Å². The molecule has 4 heteroatoms. The van der Waals surface area contributed by atoms with Crippen molar-refractivity contribution in [3.05, 3.63) is 57.5 Å². The molecule has 94 valence electrons. The summed E-state index contributed by atoms with van der Waals surface area (Å²) in [7, 11) is 0. The molecule has 0 amide bonds. The second-order valence-corrected chi connectivity index (χ2v) is 5.50. The Labute approximate surface area is 123 Å². The maximum Gasteiger partial charge on any atom is 0.152 e. The molecule has 0 aliphatic carbocycles. The Morgan fingerprint density at radius 1 is 1.16 bits per heavy atom. The third-order valence-electron chi connectivity index (χ3n) is 3.05. The van der Waals surface area contributed by atoms with Gasteiger partial charge in [0.1, 0.15) is 0 Å². The summed E-state index contributed by atoms with van der Waals surface area (Å²) in [6.07, 6.45) is 0.876. The van der Waals surface area contributed by atoms with E-state index in [1.54, 1.807) is 0 Å². The standard InChI is InChI=1S/C15H9BrClNO/c16-13-6-2-5-11-12(8-19)14(18-15(11)13)9-3-1-4-10(17)7-9/h1-8,18H. The van der Waals surface area contributed by atoms with Gasteiger partial charge < -0.3 is 4.98 Å². The highest BCUT2D eigenvalue weighted by Gasteiger charge is 2.14. The SMILES string of the molecule is O=Cc1c(-c2cccc(Cl)c2)[nH]c2c(Br)cccc12. The number of nitrogens with one attached hydrogen (secondary N) is 1. The van der Waals surface area contributed by atoms with Crippen molar-refractivity contribution in [2.75, 3.05) is 0 Å². The first-order chi connectivity index (χ1) is 9.20. The molecule has 19 heavy (non-hydrogen) atoms. The fraction of sp³-hybridized carbons (Fsp3) is 0. The molecule has 2 aromatic carbocycles. The minimum absolute atomic E-state index is 0.645. The zero-order chi connectivity index (χ0) is 13.4. The van der Waals surface area contributed by atoms with Gasteiger partial charge in [0.15, 0.2) is 6.29 Å². The molecule has 0 unspecified atom stereocenters. The first-order valence-corrected chi connectivity index (χ1v) is 6.89. The van der Waals surface area contributed by atoms with Gasteiger partial charge in [0.2, 0.25) is 0 Å². The summed E-state index contributed by atoms with van der Waals surface area (Å²) in [4.78, 5) is 14.7. The zero-order valence-electron chi connectivity index (χ0n) is 9.78. The Morgan fingerprint density at radius 2 is 1.95 bits per heavy atom. The highest BCUT2D eigenvalue weighted by molar-refractivity contribution is 9.10. The number of aromatic amines is 1. The van der Waals surface area contributed by atoms with E-state index in [0.29, 0.717) is 10.6 Å². The van der Waals surface area contributed by atoms with Gasteiger partial charge in [-0.15, -0.1) is 0 Å². The molecule has 0 radical (unpaired) electrons. The predicted molar refractivity (Wildman–Crippen MR) is 81.8 cm³/mol. The lowest BCUT2D eigenvalue weighted by Gasteiger charge is -2.00. The Bertz CT molecular complexity index is 779. The number of aldehydes is 1. The smallest absolute Gasteiger partial charge is 0.152 e. The van der Waals surface area contributed by atoms with Gasteiger partial charge in [-0.3, -0.25) is 4.79 Å². The molecular formula is C15H9BrClNO. The number of halogens is 2. The minimum atomic E-state index is 0.645. The highest BCUT2D eigenvalue weighted by Crippen LogP contribution is 2.33. The van der Waals surface area contributed by atoms with E-state index in [1.165, 1.54) is 0 Å². The van der Waals surface area contributed by atoms with Crippen LogP contribution in [0.4, 0.5) is 0 Å². The van der Waals surface area contributed by atoms with Crippen LogP contribution in [0.2, 0.25) is 5.02 Å². The van der Waals surface area contributed by atoms with Crippen LogP contribution in [0.25, 0.3) is 22.2 Å². The molecule has 0 saturated heterocycles. The van der Waals surface area contributed by atoms with Crippen LogP contribution in [0.15, 0.2) is 46.9 Å². The van der Waals surface area contributed by atoms with Crippen LogP contribution < -0.4 is 0 Å². The second-order valence-electron chi connectivity index (χ2n) is 4.20. The van der Waals surface area contributed by atoms with Gasteiger partial charge in [-0.05, 0) is 34.1 Å². The lowest BCUT2D eigenvalue weighted by atomic mass is 10.1. The van der Waals surface area contributed by atoms with Gasteiger partial charge in [-0.1, -0.05) is 35.9 Å². The van der Waals surface area contributed by atoms with E-state index in [0.717, 1.165) is 32.9 Å². The number of aromatic nitrogens is 1. The Kier molecular flexibility index (Phi) is 3.17. The van der Waals surface area contributed by atoms with E-state index in [2.05, 4.69) is 20.9 Å². The topological polar surface area (TPSA) is 32.9 Å². The van der Waals surface area contributed by atoms with E-state index in [4.69, 9.17) is 11.6 Å². The van der Waals surface area contributed by atoms with Crippen molar-refractivity contribution in [3.63, 3.8) is 0 Å². The minimum Gasteiger partial charge on any atom is -0.353 e. The largest absolute Gasteiger partial charge is 0.353 e. The summed E-state index contributed by atoms with van der Waals surface area (Å²) in [5.41, 5.74) is 3.26. The number of para-hydroxylation sites is 1. The van der Waals surface area contributed by atoms with Crippen LogP contribution in [0.1, 0.15) is 10.4 Å². The van der Waals surface area contributed by atoms with E-state index < -0.39 is 0 Å². The van der Waals surface area contributed by atoms with Crippen LogP contribution >= 0.6 is 27.5 Å². The molecule has 3 rings (SSSR count). The number of rotatable bonds is 2. The molecule has 0 aliphatic heterocycles. The number of carbonyl (C=O) groups is 1. The molecule has 1 aromatic heterocycles. The van der Waals surface area contributed by atoms with Crippen molar-refractivity contribution >= 4 is 44.7 Å². The van der Waals surface area contributed by atoms with E-state index in [9.17, 15) is 4.79 Å². The predicted octanol–water partition coefficient (Wildman–Crippen LogP) is 5.06. The summed E-state index contributed by atoms with van der Waals surface area (Å²) in [6.45, 7) is 0. The number of carbonyl (C=O) groups excluding carboxylic acids is 1. The molecular weight excluding hydrogens is 326 g/mol. The summed E-state index contributed by atoms with van der Waals surface area (Å²) >= 11 is 9.50. The third kappa shape index (κ3) is 2.09. The molecule has 1 N–H and O–H groups in total.